The van der Waals surface area contributed by atoms with E-state index in [4.69, 9.17) is 0 Å². The summed E-state index contributed by atoms with van der Waals surface area (Å²) < 4.78 is 3.21. The number of aromatic nitrogens is 4. The minimum Gasteiger partial charge on any atom is -0.342 e. The Labute approximate surface area is 169 Å². The van der Waals surface area contributed by atoms with Gasteiger partial charge in [0, 0.05) is 36.5 Å². The minimum atomic E-state index is -0.281. The normalized spacial score (nSPS) is 13.9. The number of rotatable bonds is 5. The Kier molecular flexibility index (Phi) is 5.05. The Bertz CT molecular complexity index is 1130. The number of amides is 1. The fourth-order valence-electron chi connectivity index (χ4n) is 3.82. The van der Waals surface area contributed by atoms with Gasteiger partial charge in [0.2, 0.25) is 11.7 Å². The molecule has 1 amide bonds. The first-order valence-electron chi connectivity index (χ1n) is 9.94. The van der Waals surface area contributed by atoms with Crippen LogP contribution in [-0.4, -0.2) is 43.1 Å². The van der Waals surface area contributed by atoms with E-state index >= 15 is 0 Å². The van der Waals surface area contributed by atoms with E-state index in [1.807, 2.05) is 47.6 Å². The Balaban J connectivity index is 1.84. The van der Waals surface area contributed by atoms with Gasteiger partial charge in [-0.3, -0.25) is 9.59 Å². The molecule has 1 saturated heterocycles. The molecule has 0 atom stereocenters. The second kappa shape index (κ2) is 7.66. The molecule has 1 aliphatic rings. The fourth-order valence-corrected chi connectivity index (χ4v) is 3.82. The highest BCUT2D eigenvalue weighted by Crippen LogP contribution is 2.19. The van der Waals surface area contributed by atoms with Crippen molar-refractivity contribution in [3.8, 4) is 11.4 Å². The summed E-state index contributed by atoms with van der Waals surface area (Å²) in [5, 5.41) is 4.47. The molecule has 0 unspecified atom stereocenters. The van der Waals surface area contributed by atoms with Crippen LogP contribution in [0, 0.1) is 13.8 Å². The molecule has 29 heavy (non-hydrogen) atoms. The van der Waals surface area contributed by atoms with Gasteiger partial charge in [0.15, 0.2) is 5.82 Å². The van der Waals surface area contributed by atoms with Crippen LogP contribution in [-0.2, 0) is 17.8 Å². The topological polar surface area (TPSA) is 72.5 Å². The van der Waals surface area contributed by atoms with Crippen molar-refractivity contribution in [2.45, 2.75) is 39.7 Å². The number of carbonyl (C=O) groups is 1. The van der Waals surface area contributed by atoms with Gasteiger partial charge in [-0.25, -0.2) is 0 Å². The van der Waals surface area contributed by atoms with Crippen molar-refractivity contribution in [2.75, 3.05) is 13.1 Å². The van der Waals surface area contributed by atoms with E-state index in [9.17, 15) is 9.59 Å². The largest absolute Gasteiger partial charge is 0.342 e. The van der Waals surface area contributed by atoms with Crippen LogP contribution >= 0.6 is 0 Å². The van der Waals surface area contributed by atoms with Crippen molar-refractivity contribution in [1.82, 2.24) is 24.1 Å². The van der Waals surface area contributed by atoms with E-state index in [0.717, 1.165) is 42.8 Å². The molecule has 150 valence electrons. The second-order valence-electron chi connectivity index (χ2n) is 7.55. The molecule has 7 nitrogen and oxygen atoms in total. The molecule has 3 heterocycles. The molecular weight excluding hydrogens is 366 g/mol. The maximum Gasteiger partial charge on any atom is 0.279 e. The monoisotopic (exact) mass is 391 g/mol. The van der Waals surface area contributed by atoms with E-state index in [1.54, 1.807) is 6.08 Å². The van der Waals surface area contributed by atoms with Crippen molar-refractivity contribution in [1.29, 1.82) is 0 Å². The number of carbonyl (C=O) groups excluding carboxylic acids is 1. The third kappa shape index (κ3) is 3.48. The van der Waals surface area contributed by atoms with Crippen LogP contribution in [0.5, 0.6) is 0 Å². The molecule has 7 heteroatoms. The molecule has 0 bridgehead atoms. The number of hydrogen-bond donors (Lipinski definition) is 0. The zero-order valence-electron chi connectivity index (χ0n) is 16.9. The SMILES string of the molecule is C=CCn1c(C)c(CC(=O)N2CCCC2)c(=O)n2nc(-c3ccc(C)cc3)nc12. The maximum atomic E-state index is 13.2. The Morgan fingerprint density at radius 3 is 2.52 bits per heavy atom. The fraction of sp³-hybridized carbons (Fsp3) is 0.364. The predicted molar refractivity (Wildman–Crippen MR) is 112 cm³/mol. The Hall–Kier alpha value is -3.22. The van der Waals surface area contributed by atoms with E-state index in [2.05, 4.69) is 16.7 Å². The molecular formula is C22H25N5O2. The van der Waals surface area contributed by atoms with Gasteiger partial charge in [-0.2, -0.15) is 9.50 Å². The quantitative estimate of drug-likeness (QED) is 0.627. The molecule has 0 N–H and O–H groups in total. The lowest BCUT2D eigenvalue weighted by Crippen LogP contribution is -2.34. The van der Waals surface area contributed by atoms with Crippen LogP contribution in [0.3, 0.4) is 0 Å². The van der Waals surface area contributed by atoms with Crippen molar-refractivity contribution in [3.05, 3.63) is 64.1 Å². The number of nitrogens with zero attached hydrogens (tertiary/aromatic N) is 5. The van der Waals surface area contributed by atoms with Gasteiger partial charge < -0.3 is 9.47 Å². The molecule has 1 aromatic carbocycles. The number of fused-ring (bicyclic) bond motifs is 1. The number of likely N-dealkylation sites (tertiary alicyclic amines) is 1. The summed E-state index contributed by atoms with van der Waals surface area (Å²) in [4.78, 5) is 32.4. The number of allylic oxidation sites excluding steroid dienone is 1. The Morgan fingerprint density at radius 2 is 1.86 bits per heavy atom. The van der Waals surface area contributed by atoms with Gasteiger partial charge >= 0.3 is 0 Å². The van der Waals surface area contributed by atoms with Crippen LogP contribution in [0.25, 0.3) is 17.2 Å². The average molecular weight is 391 g/mol. The lowest BCUT2D eigenvalue weighted by Gasteiger charge is -2.17. The third-order valence-electron chi connectivity index (χ3n) is 5.53. The van der Waals surface area contributed by atoms with Crippen LogP contribution in [0.15, 0.2) is 41.7 Å². The second-order valence-corrected chi connectivity index (χ2v) is 7.55. The molecule has 0 spiro atoms. The summed E-state index contributed by atoms with van der Waals surface area (Å²) in [5.74, 6) is 0.939. The molecule has 2 aromatic heterocycles. The number of hydrogen-bond acceptors (Lipinski definition) is 4. The van der Waals surface area contributed by atoms with Gasteiger partial charge in [0.25, 0.3) is 5.56 Å². The lowest BCUT2D eigenvalue weighted by atomic mass is 10.1. The summed E-state index contributed by atoms with van der Waals surface area (Å²) in [5.41, 5.74) is 2.91. The average Bonchev–Trinajstić information content (AvgIpc) is 3.39. The molecule has 1 fully saturated rings. The highest BCUT2D eigenvalue weighted by molar-refractivity contribution is 5.79. The van der Waals surface area contributed by atoms with Gasteiger partial charge in [0.05, 0.1) is 6.42 Å². The first kappa shape index (κ1) is 19.1. The van der Waals surface area contributed by atoms with E-state index in [0.29, 0.717) is 23.7 Å². The third-order valence-corrected chi connectivity index (χ3v) is 5.53. The minimum absolute atomic E-state index is 0.00826. The van der Waals surface area contributed by atoms with Gasteiger partial charge in [-0.05, 0) is 26.7 Å². The van der Waals surface area contributed by atoms with E-state index in [1.165, 1.54) is 4.52 Å². The summed E-state index contributed by atoms with van der Waals surface area (Å²) in [7, 11) is 0. The van der Waals surface area contributed by atoms with E-state index in [-0.39, 0.29) is 17.9 Å². The molecule has 4 rings (SSSR count). The molecule has 0 radical (unpaired) electrons. The number of benzene rings is 1. The zero-order chi connectivity index (χ0) is 20.5. The highest BCUT2D eigenvalue weighted by Gasteiger charge is 2.23. The van der Waals surface area contributed by atoms with Crippen LogP contribution in [0.2, 0.25) is 0 Å². The summed E-state index contributed by atoms with van der Waals surface area (Å²) in [6.45, 7) is 9.71. The molecule has 1 aliphatic heterocycles. The summed E-state index contributed by atoms with van der Waals surface area (Å²) in [6.07, 6.45) is 3.88. The van der Waals surface area contributed by atoms with E-state index < -0.39 is 0 Å². The molecule has 0 saturated carbocycles. The van der Waals surface area contributed by atoms with Crippen LogP contribution < -0.4 is 5.56 Å². The van der Waals surface area contributed by atoms with Gasteiger partial charge in [0.1, 0.15) is 0 Å². The lowest BCUT2D eigenvalue weighted by molar-refractivity contribution is -0.129. The van der Waals surface area contributed by atoms with Crippen LogP contribution in [0.4, 0.5) is 0 Å². The first-order chi connectivity index (χ1) is 14.0. The van der Waals surface area contributed by atoms with Crippen LogP contribution in [0.1, 0.15) is 29.7 Å². The predicted octanol–water partition coefficient (Wildman–Crippen LogP) is 2.53. The maximum absolute atomic E-state index is 13.2. The van der Waals surface area contributed by atoms with Crippen molar-refractivity contribution in [3.63, 3.8) is 0 Å². The van der Waals surface area contributed by atoms with Gasteiger partial charge in [-0.15, -0.1) is 11.7 Å². The van der Waals surface area contributed by atoms with Gasteiger partial charge in [-0.1, -0.05) is 35.9 Å². The van der Waals surface area contributed by atoms with Crippen molar-refractivity contribution in [2.24, 2.45) is 0 Å². The standard InChI is InChI=1S/C22H25N5O2/c1-4-11-26-16(3)18(14-19(28)25-12-5-6-13-25)21(29)27-22(26)23-20(24-27)17-9-7-15(2)8-10-17/h4,7-10H,1,5-6,11-14H2,2-3H3. The number of aryl methyl sites for hydroxylation is 1. The molecule has 0 aliphatic carbocycles. The Morgan fingerprint density at radius 1 is 1.17 bits per heavy atom. The summed E-state index contributed by atoms with van der Waals surface area (Å²) >= 11 is 0. The van der Waals surface area contributed by atoms with Crippen molar-refractivity contribution >= 4 is 11.7 Å². The van der Waals surface area contributed by atoms with Crippen molar-refractivity contribution < 1.29 is 4.79 Å². The highest BCUT2D eigenvalue weighted by atomic mass is 16.2. The molecule has 3 aromatic rings. The smallest absolute Gasteiger partial charge is 0.279 e. The first-order valence-corrected chi connectivity index (χ1v) is 9.94. The summed E-state index contributed by atoms with van der Waals surface area (Å²) in [6, 6.07) is 7.86. The zero-order valence-corrected chi connectivity index (χ0v) is 16.9.